The lowest BCUT2D eigenvalue weighted by Gasteiger charge is -2.17. The fourth-order valence-corrected chi connectivity index (χ4v) is 4.81. The number of rotatable bonds is 7. The summed E-state index contributed by atoms with van der Waals surface area (Å²) in [7, 11) is 0. The van der Waals surface area contributed by atoms with Gasteiger partial charge in [0.05, 0.1) is 16.6 Å². The molecule has 8 heteroatoms. The molecule has 6 nitrogen and oxygen atoms in total. The Morgan fingerprint density at radius 2 is 2.00 bits per heavy atom. The van der Waals surface area contributed by atoms with Gasteiger partial charge < -0.3 is 4.90 Å². The summed E-state index contributed by atoms with van der Waals surface area (Å²) in [5, 5.41) is 0.540. The van der Waals surface area contributed by atoms with Crippen LogP contribution in [0.3, 0.4) is 0 Å². The van der Waals surface area contributed by atoms with Crippen LogP contribution in [0.25, 0.3) is 0 Å². The fourth-order valence-electron chi connectivity index (χ4n) is 3.68. The van der Waals surface area contributed by atoms with Gasteiger partial charge in [0, 0.05) is 31.4 Å². The second kappa shape index (κ2) is 8.93. The first kappa shape index (κ1) is 21.1. The third-order valence-corrected chi connectivity index (χ3v) is 6.47. The average Bonchev–Trinajstić information content (AvgIpc) is 3.27. The van der Waals surface area contributed by atoms with E-state index in [9.17, 15) is 14.0 Å². The van der Waals surface area contributed by atoms with Gasteiger partial charge in [0.25, 0.3) is 0 Å². The largest absolute Gasteiger partial charge is 0.326 e. The Morgan fingerprint density at radius 1 is 1.23 bits per heavy atom. The zero-order chi connectivity index (χ0) is 22.0. The topological polar surface area (TPSA) is 66.4 Å². The predicted molar refractivity (Wildman–Crippen MR) is 118 cm³/mol. The molecule has 1 aromatic carbocycles. The number of aryl methyl sites for hydroxylation is 2. The van der Waals surface area contributed by atoms with Crippen LogP contribution in [-0.2, 0) is 13.0 Å². The Morgan fingerprint density at radius 3 is 2.71 bits per heavy atom. The molecule has 1 saturated heterocycles. The summed E-state index contributed by atoms with van der Waals surface area (Å²) in [4.78, 5) is 38.5. The smallest absolute Gasteiger partial charge is 0.318 e. The van der Waals surface area contributed by atoms with E-state index in [1.165, 1.54) is 23.5 Å². The number of Topliss-reactive ketones (excluding diaryl/α,β-unsaturated/α-hetero) is 1. The van der Waals surface area contributed by atoms with Crippen LogP contribution in [0.5, 0.6) is 0 Å². The van der Waals surface area contributed by atoms with E-state index >= 15 is 0 Å². The number of carbonyl (C=O) groups excluding carboxylic acids is 2. The van der Waals surface area contributed by atoms with Crippen LogP contribution in [0.15, 0.2) is 48.7 Å². The summed E-state index contributed by atoms with van der Waals surface area (Å²) < 4.78 is 13.2. The van der Waals surface area contributed by atoms with Crippen molar-refractivity contribution in [1.29, 1.82) is 0 Å². The molecule has 0 unspecified atom stereocenters. The molecular formula is C23H23FN4O2S. The lowest BCUT2D eigenvalue weighted by Crippen LogP contribution is -2.33. The van der Waals surface area contributed by atoms with Gasteiger partial charge in [-0.25, -0.2) is 14.2 Å². The van der Waals surface area contributed by atoms with E-state index in [-0.39, 0.29) is 23.7 Å². The van der Waals surface area contributed by atoms with Crippen molar-refractivity contribution < 1.29 is 14.0 Å². The van der Waals surface area contributed by atoms with Crippen LogP contribution in [-0.4, -0.2) is 39.3 Å². The minimum atomic E-state index is -0.301. The van der Waals surface area contributed by atoms with Crippen LogP contribution in [0, 0.1) is 12.7 Å². The lowest BCUT2D eigenvalue weighted by molar-refractivity contribution is 0.0985. The Labute approximate surface area is 184 Å². The van der Waals surface area contributed by atoms with E-state index in [0.717, 1.165) is 11.3 Å². The second-order valence-electron chi connectivity index (χ2n) is 7.66. The van der Waals surface area contributed by atoms with E-state index in [1.54, 1.807) is 35.1 Å². The van der Waals surface area contributed by atoms with Crippen LogP contribution >= 0.6 is 11.3 Å². The number of pyridine rings is 1. The third kappa shape index (κ3) is 4.64. The molecule has 1 fully saturated rings. The Kier molecular flexibility index (Phi) is 6.08. The number of halogens is 1. The van der Waals surface area contributed by atoms with Gasteiger partial charge in [0.2, 0.25) is 0 Å². The van der Waals surface area contributed by atoms with Gasteiger partial charge in [-0.15, -0.1) is 0 Å². The zero-order valence-corrected chi connectivity index (χ0v) is 18.2. The highest BCUT2D eigenvalue weighted by molar-refractivity contribution is 7.17. The highest BCUT2D eigenvalue weighted by atomic mass is 32.1. The molecule has 3 heterocycles. The minimum Gasteiger partial charge on any atom is -0.318 e. The molecular weight excluding hydrogens is 415 g/mol. The van der Waals surface area contributed by atoms with Crippen molar-refractivity contribution in [1.82, 2.24) is 14.9 Å². The molecule has 0 bridgehead atoms. The van der Waals surface area contributed by atoms with Gasteiger partial charge >= 0.3 is 6.03 Å². The molecule has 0 aliphatic carbocycles. The summed E-state index contributed by atoms with van der Waals surface area (Å²) in [5.41, 5.74) is 2.38. The molecule has 160 valence electrons. The zero-order valence-electron chi connectivity index (χ0n) is 17.4. The number of hydrogen-bond donors (Lipinski definition) is 0. The molecule has 0 spiro atoms. The van der Waals surface area contributed by atoms with Gasteiger partial charge in [0.1, 0.15) is 5.82 Å². The summed E-state index contributed by atoms with van der Waals surface area (Å²) in [6, 6.07) is 11.6. The lowest BCUT2D eigenvalue weighted by atomic mass is 10.1. The first-order chi connectivity index (χ1) is 14.9. The second-order valence-corrected chi connectivity index (χ2v) is 8.64. The van der Waals surface area contributed by atoms with Crippen molar-refractivity contribution in [3.8, 4) is 0 Å². The number of aromatic nitrogens is 2. The first-order valence-electron chi connectivity index (χ1n) is 10.2. The number of nitrogens with zero attached hydrogens (tertiary/aromatic N) is 4. The van der Waals surface area contributed by atoms with E-state index in [2.05, 4.69) is 9.97 Å². The molecule has 1 atom stereocenters. The number of thiazole rings is 1. The summed E-state index contributed by atoms with van der Waals surface area (Å²) in [5.74, 6) is -0.292. The predicted octanol–water partition coefficient (Wildman–Crippen LogP) is 4.63. The van der Waals surface area contributed by atoms with Gasteiger partial charge in [-0.1, -0.05) is 29.5 Å². The number of hydrogen-bond acceptors (Lipinski definition) is 5. The standard InChI is InChI=1S/C23H23FN4O2S/c1-15-13-27(14-17-6-8-18(24)9-7-17)23(30)28(15)22-26-16(2)21(31-22)20(29)11-10-19-5-3-4-12-25-19/h3-9,12,15H,10-11,13-14H2,1-2H3/t15-/m1/s1. The minimum absolute atomic E-state index is 0.00868. The van der Waals surface area contributed by atoms with E-state index in [0.29, 0.717) is 41.6 Å². The van der Waals surface area contributed by atoms with Gasteiger partial charge in [-0.2, -0.15) is 0 Å². The van der Waals surface area contributed by atoms with Crippen LogP contribution < -0.4 is 4.90 Å². The quantitative estimate of drug-likeness (QED) is 0.505. The Hall–Kier alpha value is -3.13. The molecule has 31 heavy (non-hydrogen) atoms. The molecule has 4 rings (SSSR count). The van der Waals surface area contributed by atoms with Crippen molar-refractivity contribution in [3.05, 3.63) is 76.3 Å². The summed E-state index contributed by atoms with van der Waals surface area (Å²) >= 11 is 1.27. The van der Waals surface area contributed by atoms with Crippen LogP contribution in [0.1, 0.15) is 40.0 Å². The molecule has 3 aromatic rings. The molecule has 2 aromatic heterocycles. The van der Waals surface area contributed by atoms with Gasteiger partial charge in [-0.3, -0.25) is 14.7 Å². The molecule has 1 aliphatic rings. The SMILES string of the molecule is Cc1nc(N2C(=O)N(Cc3ccc(F)cc3)C[C@H]2C)sc1C(=O)CCc1ccccn1. The maximum Gasteiger partial charge on any atom is 0.326 e. The van der Waals surface area contributed by atoms with Gasteiger partial charge in [0.15, 0.2) is 10.9 Å². The van der Waals surface area contributed by atoms with Crippen LogP contribution in [0.2, 0.25) is 0 Å². The summed E-state index contributed by atoms with van der Waals surface area (Å²) in [6.45, 7) is 4.70. The molecule has 0 saturated carbocycles. The highest BCUT2D eigenvalue weighted by Crippen LogP contribution is 2.32. The maximum atomic E-state index is 13.2. The van der Waals surface area contributed by atoms with E-state index in [1.807, 2.05) is 25.1 Å². The Bertz CT molecular complexity index is 1080. The van der Waals surface area contributed by atoms with Gasteiger partial charge in [-0.05, 0) is 50.1 Å². The average molecular weight is 439 g/mol. The number of urea groups is 1. The van der Waals surface area contributed by atoms with E-state index < -0.39 is 0 Å². The number of amides is 2. The van der Waals surface area contributed by atoms with Crippen molar-refractivity contribution in [3.63, 3.8) is 0 Å². The molecule has 0 N–H and O–H groups in total. The Balaban J connectivity index is 1.46. The molecule has 0 radical (unpaired) electrons. The molecule has 2 amide bonds. The third-order valence-electron chi connectivity index (χ3n) is 5.27. The summed E-state index contributed by atoms with van der Waals surface area (Å²) in [6.07, 6.45) is 2.63. The van der Waals surface area contributed by atoms with Crippen molar-refractivity contribution in [2.75, 3.05) is 11.4 Å². The van der Waals surface area contributed by atoms with Crippen molar-refractivity contribution in [2.45, 2.75) is 39.3 Å². The van der Waals surface area contributed by atoms with Crippen LogP contribution in [0.4, 0.5) is 14.3 Å². The number of anilines is 1. The number of carbonyl (C=O) groups is 2. The van der Waals surface area contributed by atoms with Crippen molar-refractivity contribution >= 4 is 28.3 Å². The fraction of sp³-hybridized carbons (Fsp3) is 0.304. The highest BCUT2D eigenvalue weighted by Gasteiger charge is 2.37. The maximum absolute atomic E-state index is 13.2. The number of ketones is 1. The first-order valence-corrected chi connectivity index (χ1v) is 11.0. The monoisotopic (exact) mass is 438 g/mol. The number of benzene rings is 1. The van der Waals surface area contributed by atoms with E-state index in [4.69, 9.17) is 0 Å². The normalized spacial score (nSPS) is 16.2. The molecule has 1 aliphatic heterocycles. The van der Waals surface area contributed by atoms with Crippen molar-refractivity contribution in [2.24, 2.45) is 0 Å².